The van der Waals surface area contributed by atoms with Crippen molar-refractivity contribution in [3.63, 3.8) is 0 Å². The van der Waals surface area contributed by atoms with E-state index in [-0.39, 0.29) is 17.4 Å². The van der Waals surface area contributed by atoms with Crippen molar-refractivity contribution in [2.45, 2.75) is 39.0 Å². The average molecular weight is 574 g/mol. The van der Waals surface area contributed by atoms with Crippen LogP contribution in [-0.2, 0) is 11.2 Å². The molecule has 1 fully saturated rings. The molecular weight excluding hydrogens is 547 g/mol. The number of H-pyrrole nitrogens is 1. The number of halogens is 3. The lowest BCUT2D eigenvalue weighted by Gasteiger charge is -2.14. The Hall–Kier alpha value is -2.91. The molecule has 2 aromatic heterocycles. The van der Waals surface area contributed by atoms with Gasteiger partial charge in [0.1, 0.15) is 16.9 Å². The van der Waals surface area contributed by atoms with E-state index >= 15 is 0 Å². The summed E-state index contributed by atoms with van der Waals surface area (Å²) in [6, 6.07) is 10.7. The van der Waals surface area contributed by atoms with E-state index in [0.29, 0.717) is 56.3 Å². The van der Waals surface area contributed by atoms with Gasteiger partial charge in [0, 0.05) is 17.1 Å². The molecular formula is C27H27Cl3N6O2. The zero-order chi connectivity index (χ0) is 27.0. The number of rotatable bonds is 7. The fourth-order valence-electron chi connectivity index (χ4n) is 4.72. The number of aromatic nitrogens is 4. The zero-order valence-corrected chi connectivity index (χ0v) is 23.3. The van der Waals surface area contributed by atoms with Crippen molar-refractivity contribution < 1.29 is 4.79 Å². The van der Waals surface area contributed by atoms with Gasteiger partial charge in [-0.25, -0.2) is 9.67 Å². The van der Waals surface area contributed by atoms with Gasteiger partial charge in [0.2, 0.25) is 5.91 Å². The van der Waals surface area contributed by atoms with Crippen LogP contribution < -0.4 is 10.9 Å². The Labute approximate surface area is 234 Å². The van der Waals surface area contributed by atoms with Crippen LogP contribution in [0.4, 0.5) is 5.69 Å². The van der Waals surface area contributed by atoms with Gasteiger partial charge in [0.05, 0.1) is 22.3 Å². The first-order valence-electron chi connectivity index (χ1n) is 12.5. The van der Waals surface area contributed by atoms with Gasteiger partial charge < -0.3 is 10.3 Å². The zero-order valence-electron chi connectivity index (χ0n) is 21.0. The van der Waals surface area contributed by atoms with Gasteiger partial charge in [0.25, 0.3) is 5.56 Å². The molecule has 0 spiro atoms. The summed E-state index contributed by atoms with van der Waals surface area (Å²) >= 11 is 19.1. The van der Waals surface area contributed by atoms with Crippen LogP contribution in [0.3, 0.4) is 0 Å². The molecule has 1 amide bonds. The van der Waals surface area contributed by atoms with E-state index in [2.05, 4.69) is 20.3 Å². The van der Waals surface area contributed by atoms with Crippen LogP contribution in [-0.4, -0.2) is 50.2 Å². The van der Waals surface area contributed by atoms with Crippen LogP contribution >= 0.6 is 34.8 Å². The number of aromatic amines is 1. The second kappa shape index (κ2) is 11.1. The lowest BCUT2D eigenvalue weighted by molar-refractivity contribution is -0.117. The standard InChI is InChI=1S/C27H27Cl3N6O2/c1-15(2)24-23-26(36(34-24)25-19(29)12-17(28)13-20(25)30)32-21(33-27(23)38)11-16-5-7-18(8-6-16)31-22(37)14-35-9-3-4-10-35/h5-8,12-13,15H,3-4,9-11,14H2,1-2H3,(H,31,37)(H,32,33,38). The highest BCUT2D eigenvalue weighted by molar-refractivity contribution is 6.40. The number of anilines is 1. The third-order valence-corrected chi connectivity index (χ3v) is 7.32. The highest BCUT2D eigenvalue weighted by atomic mass is 35.5. The summed E-state index contributed by atoms with van der Waals surface area (Å²) in [4.78, 5) is 35.4. The number of carbonyl (C=O) groups excluding carboxylic acids is 1. The van der Waals surface area contributed by atoms with Crippen molar-refractivity contribution >= 4 is 57.4 Å². The summed E-state index contributed by atoms with van der Waals surface area (Å²) in [5, 5.41) is 9.00. The largest absolute Gasteiger partial charge is 0.325 e. The number of amides is 1. The van der Waals surface area contributed by atoms with Crippen molar-refractivity contribution in [2.75, 3.05) is 25.0 Å². The molecule has 38 heavy (non-hydrogen) atoms. The monoisotopic (exact) mass is 572 g/mol. The number of likely N-dealkylation sites (tertiary alicyclic amines) is 1. The van der Waals surface area contributed by atoms with Gasteiger partial charge in [-0.1, -0.05) is 60.8 Å². The van der Waals surface area contributed by atoms with Crippen LogP contribution in [0.1, 0.15) is 49.7 Å². The summed E-state index contributed by atoms with van der Waals surface area (Å²) in [5.41, 5.74) is 2.73. The first kappa shape index (κ1) is 26.7. The first-order valence-corrected chi connectivity index (χ1v) is 13.6. The average Bonchev–Trinajstić information content (AvgIpc) is 3.48. The Bertz CT molecular complexity index is 1530. The Morgan fingerprint density at radius 2 is 1.74 bits per heavy atom. The summed E-state index contributed by atoms with van der Waals surface area (Å²) in [6.07, 6.45) is 2.66. The minimum atomic E-state index is -0.285. The predicted molar refractivity (Wildman–Crippen MR) is 152 cm³/mol. The molecule has 1 aliphatic rings. The van der Waals surface area contributed by atoms with E-state index in [1.807, 2.05) is 38.1 Å². The third kappa shape index (κ3) is 5.59. The Morgan fingerprint density at radius 3 is 2.37 bits per heavy atom. The van der Waals surface area contributed by atoms with Crippen LogP contribution in [0.15, 0.2) is 41.2 Å². The maximum absolute atomic E-state index is 13.2. The van der Waals surface area contributed by atoms with Gasteiger partial charge in [-0.3, -0.25) is 14.5 Å². The van der Waals surface area contributed by atoms with E-state index in [1.165, 1.54) is 4.68 Å². The predicted octanol–water partition coefficient (Wildman–Crippen LogP) is 5.82. The van der Waals surface area contributed by atoms with Gasteiger partial charge >= 0.3 is 0 Å². The number of hydrogen-bond donors (Lipinski definition) is 2. The molecule has 2 aromatic carbocycles. The number of nitrogens with zero attached hydrogens (tertiary/aromatic N) is 4. The molecule has 0 radical (unpaired) electrons. The lowest BCUT2D eigenvalue weighted by Crippen LogP contribution is -2.30. The molecule has 4 aromatic rings. The number of carbonyl (C=O) groups is 1. The van der Waals surface area contributed by atoms with Gasteiger partial charge in [-0.15, -0.1) is 0 Å². The Kier molecular flexibility index (Phi) is 7.77. The molecule has 198 valence electrons. The van der Waals surface area contributed by atoms with Crippen molar-refractivity contribution in [3.8, 4) is 5.69 Å². The first-order chi connectivity index (χ1) is 18.2. The van der Waals surface area contributed by atoms with Gasteiger partial charge in [0.15, 0.2) is 5.65 Å². The van der Waals surface area contributed by atoms with Crippen LogP contribution in [0.25, 0.3) is 16.7 Å². The maximum Gasteiger partial charge on any atom is 0.262 e. The van der Waals surface area contributed by atoms with Crippen LogP contribution in [0, 0.1) is 0 Å². The number of nitrogens with one attached hydrogen (secondary N) is 2. The molecule has 2 N–H and O–H groups in total. The van der Waals surface area contributed by atoms with Crippen LogP contribution in [0.5, 0.6) is 0 Å². The summed E-state index contributed by atoms with van der Waals surface area (Å²) in [6.45, 7) is 6.25. The molecule has 0 aliphatic carbocycles. The number of hydrogen-bond acceptors (Lipinski definition) is 5. The molecule has 8 nitrogen and oxygen atoms in total. The number of fused-ring (bicyclic) bond motifs is 1. The molecule has 5 rings (SSSR count). The molecule has 0 unspecified atom stereocenters. The van der Waals surface area contributed by atoms with E-state index in [0.717, 1.165) is 37.2 Å². The second-order valence-electron chi connectivity index (χ2n) is 9.79. The smallest absolute Gasteiger partial charge is 0.262 e. The van der Waals surface area contributed by atoms with E-state index in [4.69, 9.17) is 39.8 Å². The third-order valence-electron chi connectivity index (χ3n) is 6.53. The van der Waals surface area contributed by atoms with E-state index < -0.39 is 0 Å². The van der Waals surface area contributed by atoms with Crippen LogP contribution in [0.2, 0.25) is 15.1 Å². The number of benzene rings is 2. The molecule has 3 heterocycles. The Balaban J connectivity index is 1.44. The fraction of sp³-hybridized carbons (Fsp3) is 0.333. The highest BCUT2D eigenvalue weighted by Gasteiger charge is 2.23. The van der Waals surface area contributed by atoms with Crippen molar-refractivity contribution in [2.24, 2.45) is 0 Å². The van der Waals surface area contributed by atoms with E-state index in [1.54, 1.807) is 12.1 Å². The molecule has 0 saturated carbocycles. The molecule has 1 aliphatic heterocycles. The Morgan fingerprint density at radius 1 is 1.08 bits per heavy atom. The fourth-order valence-corrected chi connectivity index (χ4v) is 5.70. The van der Waals surface area contributed by atoms with Crippen molar-refractivity contribution in [3.05, 3.63) is 78.9 Å². The molecule has 11 heteroatoms. The van der Waals surface area contributed by atoms with Crippen molar-refractivity contribution in [1.29, 1.82) is 0 Å². The summed E-state index contributed by atoms with van der Waals surface area (Å²) in [5.74, 6) is 0.404. The van der Waals surface area contributed by atoms with E-state index in [9.17, 15) is 9.59 Å². The summed E-state index contributed by atoms with van der Waals surface area (Å²) in [7, 11) is 0. The quantitative estimate of drug-likeness (QED) is 0.291. The molecule has 0 atom stereocenters. The normalized spacial score (nSPS) is 14.1. The second-order valence-corrected chi connectivity index (χ2v) is 11.0. The minimum absolute atomic E-state index is 0.0233. The van der Waals surface area contributed by atoms with Crippen molar-refractivity contribution in [1.82, 2.24) is 24.6 Å². The summed E-state index contributed by atoms with van der Waals surface area (Å²) < 4.78 is 1.52. The minimum Gasteiger partial charge on any atom is -0.325 e. The van der Waals surface area contributed by atoms with Gasteiger partial charge in [-0.2, -0.15) is 5.10 Å². The lowest BCUT2D eigenvalue weighted by atomic mass is 10.1. The highest BCUT2D eigenvalue weighted by Crippen LogP contribution is 2.34. The molecule has 1 saturated heterocycles. The van der Waals surface area contributed by atoms with Gasteiger partial charge in [-0.05, 0) is 61.7 Å². The SMILES string of the molecule is CC(C)c1nn(-c2c(Cl)cc(Cl)cc2Cl)c2nc(Cc3ccc(NC(=O)CN4CCCC4)cc3)[nH]c(=O)c12. The topological polar surface area (TPSA) is 95.9 Å². The maximum atomic E-state index is 13.2. The molecule has 0 bridgehead atoms.